The van der Waals surface area contributed by atoms with Crippen molar-refractivity contribution in [2.75, 3.05) is 0 Å². The zero-order valence-corrected chi connectivity index (χ0v) is 27.2. The minimum absolute atomic E-state index is 0.217. The van der Waals surface area contributed by atoms with Crippen LogP contribution >= 0.6 is 0 Å². The fourth-order valence-corrected chi connectivity index (χ4v) is 6.39. The Balaban J connectivity index is 1.46. The molecule has 0 aliphatic heterocycles. The summed E-state index contributed by atoms with van der Waals surface area (Å²) in [6.07, 6.45) is 6.89. The first-order valence-corrected chi connectivity index (χ1v) is 16.4. The molecule has 0 saturated heterocycles. The van der Waals surface area contributed by atoms with E-state index in [1.165, 1.54) is 22.3 Å². The minimum Gasteiger partial charge on any atom is -0.313 e. The lowest BCUT2D eigenvalue weighted by Gasteiger charge is -2.30. The summed E-state index contributed by atoms with van der Waals surface area (Å²) in [6.45, 7) is 8.51. The van der Waals surface area contributed by atoms with Gasteiger partial charge in [0.1, 0.15) is 0 Å². The van der Waals surface area contributed by atoms with Crippen molar-refractivity contribution in [1.29, 1.82) is 0 Å². The number of carbonyl (C=O) groups excluding carboxylic acids is 2. The van der Waals surface area contributed by atoms with E-state index in [0.717, 1.165) is 61.8 Å². The SMILES string of the molecule is CCCCCC/C(=N\OC(=O)c1ccccc1)c1ccc2c(c1)C(CC)(CC)c1cc(/C(C)=N/OC(=O)c3ccccc3)ccc1-2. The minimum atomic E-state index is -0.487. The highest BCUT2D eigenvalue weighted by atomic mass is 16.7. The topological polar surface area (TPSA) is 77.3 Å². The predicted molar refractivity (Wildman–Crippen MR) is 184 cm³/mol. The molecule has 6 heteroatoms. The van der Waals surface area contributed by atoms with Crippen LogP contribution in [-0.2, 0) is 15.1 Å². The number of carbonyl (C=O) groups is 2. The molecule has 1 aliphatic rings. The first-order valence-electron chi connectivity index (χ1n) is 16.4. The van der Waals surface area contributed by atoms with E-state index in [4.69, 9.17) is 9.68 Å². The molecule has 0 atom stereocenters. The number of hydrogen-bond acceptors (Lipinski definition) is 6. The Morgan fingerprint density at radius 1 is 0.609 bits per heavy atom. The third-order valence-electron chi connectivity index (χ3n) is 9.11. The fraction of sp³-hybridized carbons (Fsp3) is 0.300. The van der Waals surface area contributed by atoms with Gasteiger partial charge in [-0.05, 0) is 102 Å². The van der Waals surface area contributed by atoms with Crippen molar-refractivity contribution >= 4 is 23.4 Å². The molecule has 0 spiro atoms. The van der Waals surface area contributed by atoms with Gasteiger partial charge in [0.15, 0.2) is 0 Å². The number of rotatable bonds is 13. The van der Waals surface area contributed by atoms with E-state index >= 15 is 0 Å². The van der Waals surface area contributed by atoms with Crippen LogP contribution in [0.1, 0.15) is 116 Å². The fourth-order valence-electron chi connectivity index (χ4n) is 6.39. The summed E-state index contributed by atoms with van der Waals surface area (Å²) in [6, 6.07) is 30.7. The van der Waals surface area contributed by atoms with Gasteiger partial charge < -0.3 is 9.68 Å². The standard InChI is InChI=1S/C40H42N2O4/c1-5-8-9-16-21-37(42-46-39(44)30-19-14-11-15-20-30)32-23-25-34-33-24-22-31(26-35(33)40(6-2,7-3)36(34)27-32)28(4)41-45-38(43)29-17-12-10-13-18-29/h10-15,17-20,22-27H,5-9,16,21H2,1-4H3/b41-28+,42-37+. The quantitative estimate of drug-likeness (QED) is 0.0650. The number of fused-ring (bicyclic) bond motifs is 3. The second-order valence-corrected chi connectivity index (χ2v) is 11.8. The normalized spacial score (nSPS) is 13.6. The molecule has 5 rings (SSSR count). The van der Waals surface area contributed by atoms with E-state index in [2.05, 4.69) is 61.4 Å². The van der Waals surface area contributed by atoms with E-state index in [9.17, 15) is 9.59 Å². The van der Waals surface area contributed by atoms with Gasteiger partial charge in [0.25, 0.3) is 0 Å². The third-order valence-corrected chi connectivity index (χ3v) is 9.11. The molecular formula is C40H42N2O4. The Hall–Kier alpha value is -4.84. The van der Waals surface area contributed by atoms with Crippen LogP contribution in [0.25, 0.3) is 11.1 Å². The smallest absolute Gasteiger partial charge is 0.313 e. The van der Waals surface area contributed by atoms with Crippen molar-refractivity contribution in [3.63, 3.8) is 0 Å². The maximum atomic E-state index is 12.8. The summed E-state index contributed by atoms with van der Waals surface area (Å²) in [7, 11) is 0. The highest BCUT2D eigenvalue weighted by Gasteiger charge is 2.41. The van der Waals surface area contributed by atoms with Crippen molar-refractivity contribution in [3.05, 3.63) is 130 Å². The number of hydrogen-bond donors (Lipinski definition) is 0. The Morgan fingerprint density at radius 3 is 1.67 bits per heavy atom. The molecule has 0 saturated carbocycles. The largest absolute Gasteiger partial charge is 0.365 e. The average molecular weight is 615 g/mol. The van der Waals surface area contributed by atoms with Crippen molar-refractivity contribution in [3.8, 4) is 11.1 Å². The molecule has 0 amide bonds. The van der Waals surface area contributed by atoms with Crippen LogP contribution in [-0.4, -0.2) is 23.4 Å². The molecule has 1 aliphatic carbocycles. The summed E-state index contributed by atoms with van der Waals surface area (Å²) in [5.41, 5.74) is 8.89. The number of benzene rings is 4. The van der Waals surface area contributed by atoms with E-state index < -0.39 is 11.9 Å². The predicted octanol–water partition coefficient (Wildman–Crippen LogP) is 9.89. The molecule has 0 fully saturated rings. The van der Waals surface area contributed by atoms with Gasteiger partial charge in [0.2, 0.25) is 0 Å². The Bertz CT molecular complexity index is 1740. The van der Waals surface area contributed by atoms with Crippen LogP contribution in [0.5, 0.6) is 0 Å². The number of unbranched alkanes of at least 4 members (excludes halogenated alkanes) is 3. The van der Waals surface area contributed by atoms with Gasteiger partial charge in [0.05, 0.1) is 22.6 Å². The number of oxime groups is 2. The van der Waals surface area contributed by atoms with Crippen LogP contribution in [0.3, 0.4) is 0 Å². The molecule has 236 valence electrons. The first-order chi connectivity index (χ1) is 22.4. The molecule has 0 heterocycles. The monoisotopic (exact) mass is 614 g/mol. The summed E-state index contributed by atoms with van der Waals surface area (Å²) in [4.78, 5) is 36.0. The molecule has 4 aromatic rings. The second kappa shape index (κ2) is 15.0. The molecule has 0 bridgehead atoms. The van der Waals surface area contributed by atoms with Crippen LogP contribution in [0.15, 0.2) is 107 Å². The van der Waals surface area contributed by atoms with Gasteiger partial charge >= 0.3 is 11.9 Å². The molecule has 0 unspecified atom stereocenters. The maximum Gasteiger partial charge on any atom is 0.365 e. The third kappa shape index (κ3) is 6.86. The van der Waals surface area contributed by atoms with E-state index in [1.807, 2.05) is 37.3 Å². The molecule has 0 aromatic heterocycles. The molecule has 46 heavy (non-hydrogen) atoms. The number of nitrogens with zero attached hydrogens (tertiary/aromatic N) is 2. The highest BCUT2D eigenvalue weighted by Crippen LogP contribution is 2.53. The molecule has 0 radical (unpaired) electrons. The van der Waals surface area contributed by atoms with Crippen LogP contribution in [0.4, 0.5) is 0 Å². The van der Waals surface area contributed by atoms with Gasteiger partial charge in [0, 0.05) is 5.41 Å². The van der Waals surface area contributed by atoms with Gasteiger partial charge in [-0.2, -0.15) is 0 Å². The zero-order chi connectivity index (χ0) is 32.5. The average Bonchev–Trinajstić information content (AvgIpc) is 3.39. The van der Waals surface area contributed by atoms with Crippen LogP contribution in [0.2, 0.25) is 0 Å². The van der Waals surface area contributed by atoms with Crippen molar-refractivity contribution in [1.82, 2.24) is 0 Å². The highest BCUT2D eigenvalue weighted by molar-refractivity contribution is 6.03. The van der Waals surface area contributed by atoms with Gasteiger partial charge in [-0.25, -0.2) is 9.59 Å². The lowest BCUT2D eigenvalue weighted by molar-refractivity contribution is 0.0507. The van der Waals surface area contributed by atoms with Crippen LogP contribution < -0.4 is 0 Å². The van der Waals surface area contributed by atoms with E-state index in [1.54, 1.807) is 36.4 Å². The van der Waals surface area contributed by atoms with E-state index in [0.29, 0.717) is 16.8 Å². The zero-order valence-electron chi connectivity index (χ0n) is 27.2. The molecule has 0 N–H and O–H groups in total. The van der Waals surface area contributed by atoms with Crippen molar-refractivity contribution in [2.45, 2.75) is 78.1 Å². The van der Waals surface area contributed by atoms with Crippen molar-refractivity contribution in [2.24, 2.45) is 10.3 Å². The summed E-state index contributed by atoms with van der Waals surface area (Å²) in [5.74, 6) is -0.949. The summed E-state index contributed by atoms with van der Waals surface area (Å²) < 4.78 is 0. The maximum absolute atomic E-state index is 12.8. The van der Waals surface area contributed by atoms with Gasteiger partial charge in [-0.1, -0.05) is 111 Å². The summed E-state index contributed by atoms with van der Waals surface area (Å²) >= 11 is 0. The summed E-state index contributed by atoms with van der Waals surface area (Å²) in [5, 5.41) is 8.64. The van der Waals surface area contributed by atoms with Gasteiger partial charge in [-0.3, -0.25) is 0 Å². The Morgan fingerprint density at radius 2 is 1.13 bits per heavy atom. The second-order valence-electron chi connectivity index (χ2n) is 11.8. The van der Waals surface area contributed by atoms with Crippen LogP contribution in [0, 0.1) is 0 Å². The molecular weight excluding hydrogens is 572 g/mol. The lowest BCUT2D eigenvalue weighted by Crippen LogP contribution is -2.24. The van der Waals surface area contributed by atoms with Gasteiger partial charge in [-0.15, -0.1) is 0 Å². The Labute approximate surface area is 272 Å². The lowest BCUT2D eigenvalue weighted by atomic mass is 9.73. The van der Waals surface area contributed by atoms with E-state index in [-0.39, 0.29) is 5.41 Å². The Kier molecular flexibility index (Phi) is 10.6. The molecule has 4 aromatic carbocycles. The van der Waals surface area contributed by atoms with Crippen molar-refractivity contribution < 1.29 is 19.3 Å². The first kappa shape index (κ1) is 32.6. The molecule has 6 nitrogen and oxygen atoms in total.